The van der Waals surface area contributed by atoms with Gasteiger partial charge in [0.25, 0.3) is 0 Å². The van der Waals surface area contributed by atoms with Crippen LogP contribution in [0.5, 0.6) is 0 Å². The van der Waals surface area contributed by atoms with Crippen molar-refractivity contribution in [1.82, 2.24) is 9.97 Å². The lowest BCUT2D eigenvalue weighted by Crippen LogP contribution is -2.15. The topological polar surface area (TPSA) is 52.1 Å². The smallest absolute Gasteiger partial charge is 0.313 e. The molecule has 1 aromatic carbocycles. The Balaban J connectivity index is 1.99. The molecule has 1 unspecified atom stereocenters. The van der Waals surface area contributed by atoms with E-state index >= 15 is 0 Å². The third kappa shape index (κ3) is 5.12. The van der Waals surface area contributed by atoms with Crippen LogP contribution in [0.25, 0.3) is 0 Å². The van der Waals surface area contributed by atoms with Crippen molar-refractivity contribution in [3.8, 4) is 0 Å². The SMILES string of the molecule is Cc1nc(C)c(COC(=O)C(C)c2ccc(CC(C)C)cc2)nc1C. The number of esters is 1. The van der Waals surface area contributed by atoms with Crippen LogP contribution in [0.3, 0.4) is 0 Å². The van der Waals surface area contributed by atoms with Crippen molar-refractivity contribution < 1.29 is 9.53 Å². The van der Waals surface area contributed by atoms with E-state index in [2.05, 4.69) is 35.9 Å². The number of nitrogens with zero attached hydrogens (tertiary/aromatic N) is 2. The van der Waals surface area contributed by atoms with Gasteiger partial charge in [-0.05, 0) is 51.2 Å². The van der Waals surface area contributed by atoms with E-state index in [1.54, 1.807) is 0 Å². The molecule has 1 atom stereocenters. The molecule has 0 bridgehead atoms. The molecule has 1 heterocycles. The highest BCUT2D eigenvalue weighted by Gasteiger charge is 2.18. The quantitative estimate of drug-likeness (QED) is 0.729. The van der Waals surface area contributed by atoms with E-state index in [9.17, 15) is 4.79 Å². The van der Waals surface area contributed by atoms with Crippen molar-refractivity contribution in [2.24, 2.45) is 5.92 Å². The van der Waals surface area contributed by atoms with Gasteiger partial charge in [0.1, 0.15) is 6.61 Å². The molecule has 4 heteroatoms. The summed E-state index contributed by atoms with van der Waals surface area (Å²) in [6.07, 6.45) is 1.05. The fourth-order valence-corrected chi connectivity index (χ4v) is 2.71. The van der Waals surface area contributed by atoms with Gasteiger partial charge in [-0.1, -0.05) is 38.1 Å². The fourth-order valence-electron chi connectivity index (χ4n) is 2.71. The first kappa shape index (κ1) is 19.1. The highest BCUT2D eigenvalue weighted by molar-refractivity contribution is 5.77. The summed E-state index contributed by atoms with van der Waals surface area (Å²) in [6.45, 7) is 12.2. The molecular weight excluding hydrogens is 312 g/mol. The normalized spacial score (nSPS) is 12.3. The summed E-state index contributed by atoms with van der Waals surface area (Å²) in [6, 6.07) is 8.23. The van der Waals surface area contributed by atoms with Crippen LogP contribution in [0.2, 0.25) is 0 Å². The van der Waals surface area contributed by atoms with E-state index in [0.29, 0.717) is 5.92 Å². The molecule has 0 saturated heterocycles. The minimum absolute atomic E-state index is 0.161. The lowest BCUT2D eigenvalue weighted by molar-refractivity contribution is -0.146. The van der Waals surface area contributed by atoms with Gasteiger partial charge < -0.3 is 4.74 Å². The molecule has 25 heavy (non-hydrogen) atoms. The Labute approximate surface area is 150 Å². The Hall–Kier alpha value is -2.23. The molecule has 0 fully saturated rings. The predicted octanol–water partition coefficient (Wildman–Crippen LogP) is 4.45. The van der Waals surface area contributed by atoms with Gasteiger partial charge in [-0.2, -0.15) is 0 Å². The van der Waals surface area contributed by atoms with Crippen LogP contribution in [0.1, 0.15) is 60.6 Å². The van der Waals surface area contributed by atoms with Gasteiger partial charge in [-0.15, -0.1) is 0 Å². The number of aromatic nitrogens is 2. The lowest BCUT2D eigenvalue weighted by Gasteiger charge is -2.14. The van der Waals surface area contributed by atoms with Crippen LogP contribution in [-0.2, 0) is 22.6 Å². The molecule has 0 aliphatic carbocycles. The Bertz CT molecular complexity index is 736. The largest absolute Gasteiger partial charge is 0.459 e. The molecule has 2 rings (SSSR count). The number of hydrogen-bond donors (Lipinski definition) is 0. The van der Waals surface area contributed by atoms with Gasteiger partial charge in [-0.25, -0.2) is 0 Å². The van der Waals surface area contributed by atoms with E-state index in [0.717, 1.165) is 34.8 Å². The molecule has 0 aliphatic rings. The predicted molar refractivity (Wildman–Crippen MR) is 99.4 cm³/mol. The molecule has 0 amide bonds. The Morgan fingerprint density at radius 2 is 1.56 bits per heavy atom. The van der Waals surface area contributed by atoms with E-state index in [1.807, 2.05) is 39.8 Å². The summed E-state index contributed by atoms with van der Waals surface area (Å²) >= 11 is 0. The number of hydrogen-bond acceptors (Lipinski definition) is 4. The molecule has 1 aromatic heterocycles. The molecule has 0 saturated carbocycles. The number of rotatable bonds is 6. The average Bonchev–Trinajstić information content (AvgIpc) is 2.56. The number of aryl methyl sites for hydroxylation is 3. The number of ether oxygens (including phenoxy) is 1. The maximum Gasteiger partial charge on any atom is 0.313 e. The van der Waals surface area contributed by atoms with Crippen LogP contribution < -0.4 is 0 Å². The van der Waals surface area contributed by atoms with Crippen molar-refractivity contribution in [3.63, 3.8) is 0 Å². The van der Waals surface area contributed by atoms with Crippen molar-refractivity contribution in [1.29, 1.82) is 0 Å². The number of carbonyl (C=O) groups is 1. The Morgan fingerprint density at radius 3 is 2.16 bits per heavy atom. The van der Waals surface area contributed by atoms with E-state index in [-0.39, 0.29) is 18.5 Å². The minimum Gasteiger partial charge on any atom is -0.459 e. The Morgan fingerprint density at radius 1 is 0.960 bits per heavy atom. The third-order valence-corrected chi connectivity index (χ3v) is 4.41. The van der Waals surface area contributed by atoms with E-state index in [4.69, 9.17) is 4.74 Å². The van der Waals surface area contributed by atoms with Gasteiger partial charge in [-0.3, -0.25) is 14.8 Å². The second-order valence-corrected chi connectivity index (χ2v) is 7.10. The molecule has 0 radical (unpaired) electrons. The standard InChI is InChI=1S/C21H28N2O2/c1-13(2)11-18-7-9-19(10-8-18)14(3)21(24)25-12-20-17(6)22-15(4)16(5)23-20/h7-10,13-14H,11-12H2,1-6H3. The van der Waals surface area contributed by atoms with Gasteiger partial charge in [0.15, 0.2) is 0 Å². The summed E-state index contributed by atoms with van der Waals surface area (Å²) in [5.74, 6) is 0.0829. The average molecular weight is 340 g/mol. The summed E-state index contributed by atoms with van der Waals surface area (Å²) < 4.78 is 5.47. The van der Waals surface area contributed by atoms with Crippen LogP contribution in [0, 0.1) is 26.7 Å². The Kier molecular flexibility index (Phi) is 6.29. The van der Waals surface area contributed by atoms with Gasteiger partial charge in [0.05, 0.1) is 28.7 Å². The molecular formula is C21H28N2O2. The summed E-state index contributed by atoms with van der Waals surface area (Å²) in [5.41, 5.74) is 5.56. The van der Waals surface area contributed by atoms with Crippen LogP contribution in [-0.4, -0.2) is 15.9 Å². The monoisotopic (exact) mass is 340 g/mol. The van der Waals surface area contributed by atoms with Crippen molar-refractivity contribution >= 4 is 5.97 Å². The third-order valence-electron chi connectivity index (χ3n) is 4.41. The van der Waals surface area contributed by atoms with Crippen LogP contribution in [0.15, 0.2) is 24.3 Å². The first-order valence-electron chi connectivity index (χ1n) is 8.84. The number of benzene rings is 1. The highest BCUT2D eigenvalue weighted by atomic mass is 16.5. The van der Waals surface area contributed by atoms with Gasteiger partial charge >= 0.3 is 5.97 Å². The van der Waals surface area contributed by atoms with Crippen molar-refractivity contribution in [2.45, 2.75) is 60.5 Å². The second-order valence-electron chi connectivity index (χ2n) is 7.10. The fraction of sp³-hybridized carbons (Fsp3) is 0.476. The lowest BCUT2D eigenvalue weighted by atomic mass is 9.97. The molecule has 0 spiro atoms. The van der Waals surface area contributed by atoms with Crippen molar-refractivity contribution in [2.75, 3.05) is 0 Å². The summed E-state index contributed by atoms with van der Waals surface area (Å²) in [5, 5.41) is 0. The molecule has 134 valence electrons. The van der Waals surface area contributed by atoms with Crippen LogP contribution >= 0.6 is 0 Å². The van der Waals surface area contributed by atoms with Crippen molar-refractivity contribution in [3.05, 3.63) is 58.2 Å². The summed E-state index contributed by atoms with van der Waals surface area (Å²) in [4.78, 5) is 21.3. The zero-order chi connectivity index (χ0) is 18.6. The number of carbonyl (C=O) groups excluding carboxylic acids is 1. The highest BCUT2D eigenvalue weighted by Crippen LogP contribution is 2.20. The first-order valence-corrected chi connectivity index (χ1v) is 8.84. The van der Waals surface area contributed by atoms with Gasteiger partial charge in [0, 0.05) is 0 Å². The zero-order valence-electron chi connectivity index (χ0n) is 16.1. The van der Waals surface area contributed by atoms with Crippen LogP contribution in [0.4, 0.5) is 0 Å². The second kappa shape index (κ2) is 8.24. The van der Waals surface area contributed by atoms with E-state index in [1.165, 1.54) is 5.56 Å². The van der Waals surface area contributed by atoms with Gasteiger partial charge in [0.2, 0.25) is 0 Å². The molecule has 0 aliphatic heterocycles. The maximum atomic E-state index is 12.4. The molecule has 2 aromatic rings. The summed E-state index contributed by atoms with van der Waals surface area (Å²) in [7, 11) is 0. The van der Waals surface area contributed by atoms with E-state index < -0.39 is 0 Å². The maximum absolute atomic E-state index is 12.4. The first-order chi connectivity index (χ1) is 11.8. The molecule has 4 nitrogen and oxygen atoms in total. The zero-order valence-corrected chi connectivity index (χ0v) is 16.1. The minimum atomic E-state index is -0.298. The molecule has 0 N–H and O–H groups in total.